The molecular weight excluding hydrogens is 280 g/mol. The molecule has 0 saturated carbocycles. The van der Waals surface area contributed by atoms with Crippen LogP contribution >= 0.6 is 0 Å². The molecule has 0 bridgehead atoms. The Morgan fingerprint density at radius 3 is 2.43 bits per heavy atom. The fraction of sp³-hybridized carbons (Fsp3) is 0.273. The van der Waals surface area contributed by atoms with E-state index in [1.165, 1.54) is 41.5 Å². The van der Waals surface area contributed by atoms with Crippen LogP contribution in [0.4, 0.5) is 0 Å². The summed E-state index contributed by atoms with van der Waals surface area (Å²) in [7, 11) is 0. The highest BCUT2D eigenvalue weighted by atomic mass is 16.5. The number of hydrogen-bond acceptors (Lipinski definition) is 1. The zero-order valence-electron chi connectivity index (χ0n) is 13.6. The second-order valence-electron chi connectivity index (χ2n) is 6.19. The molecular formula is C22H24O. The van der Waals surface area contributed by atoms with Gasteiger partial charge in [-0.15, -0.1) is 0 Å². The Balaban J connectivity index is 1.56. The molecule has 1 aliphatic carbocycles. The van der Waals surface area contributed by atoms with E-state index in [4.69, 9.17) is 4.74 Å². The second-order valence-corrected chi connectivity index (χ2v) is 6.19. The molecule has 0 heterocycles. The molecule has 2 aromatic carbocycles. The van der Waals surface area contributed by atoms with E-state index in [0.29, 0.717) is 19.1 Å². The molecule has 3 rings (SSSR count). The molecule has 1 nitrogen and oxygen atoms in total. The molecule has 0 aromatic heterocycles. The molecule has 23 heavy (non-hydrogen) atoms. The predicted octanol–water partition coefficient (Wildman–Crippen LogP) is 5.64. The molecule has 0 amide bonds. The Hall–Kier alpha value is -2.12. The van der Waals surface area contributed by atoms with Gasteiger partial charge in [-0.3, -0.25) is 0 Å². The number of hydrogen-bond donors (Lipinski definition) is 0. The number of rotatable bonds is 6. The summed E-state index contributed by atoms with van der Waals surface area (Å²) < 4.78 is 5.85. The third-order valence-electron chi connectivity index (χ3n) is 4.43. The molecule has 0 radical (unpaired) electrons. The fourth-order valence-electron chi connectivity index (χ4n) is 3.12. The van der Waals surface area contributed by atoms with Gasteiger partial charge in [0.25, 0.3) is 0 Å². The number of ether oxygens (including phenoxy) is 1. The van der Waals surface area contributed by atoms with Crippen molar-refractivity contribution in [3.05, 3.63) is 90.0 Å². The molecule has 0 saturated heterocycles. The largest absolute Gasteiger partial charge is 0.372 e. The standard InChI is InChI=1S/C22H24O/c1-18(16-23-17-19-9-4-2-5-10-19)21-13-8-14-22(15-21)20-11-6-3-7-12-20/h2-7,9-12,15,21H,1,8,13-14,16-17H2. The Morgan fingerprint density at radius 2 is 1.70 bits per heavy atom. The smallest absolute Gasteiger partial charge is 0.0721 e. The SMILES string of the molecule is C=C(COCc1ccccc1)C1C=C(c2ccccc2)CCC1. The Bertz CT molecular complexity index is 655. The van der Waals surface area contributed by atoms with Crippen LogP contribution < -0.4 is 0 Å². The summed E-state index contributed by atoms with van der Waals surface area (Å²) in [6.45, 7) is 5.56. The van der Waals surface area contributed by atoms with Crippen LogP contribution in [-0.2, 0) is 11.3 Å². The first-order valence-corrected chi connectivity index (χ1v) is 8.38. The van der Waals surface area contributed by atoms with Crippen molar-refractivity contribution < 1.29 is 4.74 Å². The summed E-state index contributed by atoms with van der Waals surface area (Å²) in [6.07, 6.45) is 5.97. The van der Waals surface area contributed by atoms with Crippen LogP contribution in [0.1, 0.15) is 30.4 Å². The molecule has 0 aliphatic heterocycles. The molecule has 118 valence electrons. The normalized spacial score (nSPS) is 17.6. The average molecular weight is 304 g/mol. The zero-order valence-corrected chi connectivity index (χ0v) is 13.6. The Morgan fingerprint density at radius 1 is 1.00 bits per heavy atom. The summed E-state index contributed by atoms with van der Waals surface area (Å²) in [5.41, 5.74) is 5.19. The highest BCUT2D eigenvalue weighted by Gasteiger charge is 2.17. The van der Waals surface area contributed by atoms with E-state index < -0.39 is 0 Å². The van der Waals surface area contributed by atoms with Crippen LogP contribution in [0.3, 0.4) is 0 Å². The Kier molecular flexibility index (Phi) is 5.44. The van der Waals surface area contributed by atoms with Crippen LogP contribution in [0.5, 0.6) is 0 Å². The van der Waals surface area contributed by atoms with E-state index in [-0.39, 0.29) is 0 Å². The van der Waals surface area contributed by atoms with E-state index in [9.17, 15) is 0 Å². The van der Waals surface area contributed by atoms with Gasteiger partial charge in [-0.25, -0.2) is 0 Å². The monoisotopic (exact) mass is 304 g/mol. The minimum Gasteiger partial charge on any atom is -0.372 e. The van der Waals surface area contributed by atoms with Gasteiger partial charge in [-0.1, -0.05) is 73.3 Å². The number of benzene rings is 2. The summed E-state index contributed by atoms with van der Waals surface area (Å²) in [5, 5.41) is 0. The first-order chi connectivity index (χ1) is 11.3. The lowest BCUT2D eigenvalue weighted by Crippen LogP contribution is -2.11. The van der Waals surface area contributed by atoms with Crippen molar-refractivity contribution in [3.8, 4) is 0 Å². The second kappa shape index (κ2) is 7.94. The van der Waals surface area contributed by atoms with Crippen molar-refractivity contribution in [2.24, 2.45) is 5.92 Å². The topological polar surface area (TPSA) is 9.23 Å². The van der Waals surface area contributed by atoms with Gasteiger partial charge in [0.15, 0.2) is 0 Å². The first kappa shape index (κ1) is 15.8. The lowest BCUT2D eigenvalue weighted by atomic mass is 9.84. The quantitative estimate of drug-likeness (QED) is 0.627. The lowest BCUT2D eigenvalue weighted by molar-refractivity contribution is 0.137. The molecule has 2 aromatic rings. The molecule has 1 aliphatic rings. The van der Waals surface area contributed by atoms with Crippen molar-refractivity contribution in [3.63, 3.8) is 0 Å². The van der Waals surface area contributed by atoms with E-state index >= 15 is 0 Å². The first-order valence-electron chi connectivity index (χ1n) is 8.38. The highest BCUT2D eigenvalue weighted by molar-refractivity contribution is 5.66. The van der Waals surface area contributed by atoms with Gasteiger partial charge in [-0.2, -0.15) is 0 Å². The van der Waals surface area contributed by atoms with Crippen molar-refractivity contribution >= 4 is 5.57 Å². The Labute approximate surface area is 139 Å². The molecule has 0 fully saturated rings. The molecule has 1 atom stereocenters. The van der Waals surface area contributed by atoms with Crippen LogP contribution in [-0.4, -0.2) is 6.61 Å². The highest BCUT2D eigenvalue weighted by Crippen LogP contribution is 2.33. The van der Waals surface area contributed by atoms with Gasteiger partial charge in [0.05, 0.1) is 13.2 Å². The van der Waals surface area contributed by atoms with Crippen LogP contribution in [0, 0.1) is 5.92 Å². The van der Waals surface area contributed by atoms with E-state index in [2.05, 4.69) is 55.1 Å². The molecule has 0 N–H and O–H groups in total. The number of allylic oxidation sites excluding steroid dienone is 2. The molecule has 0 spiro atoms. The minimum atomic E-state index is 0.440. The van der Waals surface area contributed by atoms with E-state index in [1.807, 2.05) is 18.2 Å². The summed E-state index contributed by atoms with van der Waals surface area (Å²) in [6, 6.07) is 21.0. The van der Waals surface area contributed by atoms with Gasteiger partial charge in [-0.05, 0) is 41.5 Å². The van der Waals surface area contributed by atoms with E-state index in [1.54, 1.807) is 0 Å². The van der Waals surface area contributed by atoms with Gasteiger partial charge in [0.2, 0.25) is 0 Å². The van der Waals surface area contributed by atoms with Crippen LogP contribution in [0.25, 0.3) is 5.57 Å². The van der Waals surface area contributed by atoms with Gasteiger partial charge < -0.3 is 4.74 Å². The van der Waals surface area contributed by atoms with Crippen LogP contribution in [0.2, 0.25) is 0 Å². The van der Waals surface area contributed by atoms with Crippen LogP contribution in [0.15, 0.2) is 78.9 Å². The van der Waals surface area contributed by atoms with Crippen molar-refractivity contribution in [2.45, 2.75) is 25.9 Å². The predicted molar refractivity (Wildman–Crippen MR) is 97.0 cm³/mol. The molecule has 1 heteroatoms. The zero-order chi connectivity index (χ0) is 15.9. The average Bonchev–Trinajstić information content (AvgIpc) is 2.63. The minimum absolute atomic E-state index is 0.440. The van der Waals surface area contributed by atoms with Crippen molar-refractivity contribution in [1.29, 1.82) is 0 Å². The molecule has 1 unspecified atom stereocenters. The van der Waals surface area contributed by atoms with Gasteiger partial charge in [0, 0.05) is 5.92 Å². The van der Waals surface area contributed by atoms with Gasteiger partial charge in [0.1, 0.15) is 0 Å². The van der Waals surface area contributed by atoms with E-state index in [0.717, 1.165) is 0 Å². The third-order valence-corrected chi connectivity index (χ3v) is 4.43. The lowest BCUT2D eigenvalue weighted by Gasteiger charge is -2.23. The van der Waals surface area contributed by atoms with Crippen molar-refractivity contribution in [1.82, 2.24) is 0 Å². The van der Waals surface area contributed by atoms with Crippen molar-refractivity contribution in [2.75, 3.05) is 6.61 Å². The third kappa shape index (κ3) is 4.43. The summed E-state index contributed by atoms with van der Waals surface area (Å²) in [4.78, 5) is 0. The maximum Gasteiger partial charge on any atom is 0.0721 e. The summed E-state index contributed by atoms with van der Waals surface area (Å²) >= 11 is 0. The fourth-order valence-corrected chi connectivity index (χ4v) is 3.12. The maximum atomic E-state index is 5.85. The van der Waals surface area contributed by atoms with Gasteiger partial charge >= 0.3 is 0 Å². The summed E-state index contributed by atoms with van der Waals surface area (Å²) in [5.74, 6) is 0.440. The maximum absolute atomic E-state index is 5.85.